The number of hydrogen-bond donors (Lipinski definition) is 0. The fourth-order valence-corrected chi connectivity index (χ4v) is 1.21. The Labute approximate surface area is 81.1 Å². The average molecular weight is 287 g/mol. The number of nitrogens with zero attached hydrogens (tertiary/aromatic N) is 1. The molecule has 12 heavy (non-hydrogen) atoms. The van der Waals surface area contributed by atoms with Gasteiger partial charge in [0.05, 0.1) is 0 Å². The van der Waals surface area contributed by atoms with Gasteiger partial charge in [-0.2, -0.15) is 13.2 Å². The maximum absolute atomic E-state index is 12.2. The van der Waals surface area contributed by atoms with Crippen molar-refractivity contribution in [1.82, 2.24) is 4.98 Å². The molecule has 1 nitrogen and oxygen atoms in total. The second-order valence-corrected chi connectivity index (χ2v) is 3.40. The molecule has 0 aromatic carbocycles. The Morgan fingerprint density at radius 3 is 2.33 bits per heavy atom. The molecule has 0 N–H and O–H groups in total. The van der Waals surface area contributed by atoms with Crippen molar-refractivity contribution in [2.75, 3.05) is 0 Å². The Bertz CT molecular complexity index is 295. The van der Waals surface area contributed by atoms with Gasteiger partial charge in [-0.15, -0.1) is 0 Å². The van der Waals surface area contributed by atoms with Gasteiger partial charge in [-0.1, -0.05) is 6.07 Å². The molecule has 0 fully saturated rings. The van der Waals surface area contributed by atoms with Gasteiger partial charge in [-0.3, -0.25) is 0 Å². The number of rotatable bonds is 0. The first-order valence-electron chi connectivity index (χ1n) is 3.11. The van der Waals surface area contributed by atoms with Crippen molar-refractivity contribution in [2.24, 2.45) is 0 Å². The summed E-state index contributed by atoms with van der Waals surface area (Å²) in [5, 5.41) is 0. The summed E-state index contributed by atoms with van der Waals surface area (Å²) in [6.07, 6.45) is -4.34. The summed E-state index contributed by atoms with van der Waals surface area (Å²) < 4.78 is 36.8. The molecule has 0 aliphatic heterocycles. The molecule has 0 saturated heterocycles. The van der Waals surface area contributed by atoms with E-state index in [2.05, 4.69) is 4.98 Å². The van der Waals surface area contributed by atoms with Crippen molar-refractivity contribution in [2.45, 2.75) is 13.1 Å². The first-order chi connectivity index (χ1) is 5.41. The van der Waals surface area contributed by atoms with Crippen LogP contribution < -0.4 is 0 Å². The quantitative estimate of drug-likeness (QED) is 0.528. The highest BCUT2D eigenvalue weighted by molar-refractivity contribution is 14.1. The molecule has 1 aromatic rings. The van der Waals surface area contributed by atoms with Crippen molar-refractivity contribution in [3.05, 3.63) is 27.1 Å². The molecule has 0 spiro atoms. The molecule has 0 aliphatic carbocycles. The molecule has 0 unspecified atom stereocenters. The van der Waals surface area contributed by atoms with E-state index in [-0.39, 0.29) is 5.56 Å². The van der Waals surface area contributed by atoms with Crippen LogP contribution in [0.2, 0.25) is 0 Å². The molecule has 0 saturated carbocycles. The smallest absolute Gasteiger partial charge is 0.237 e. The summed E-state index contributed by atoms with van der Waals surface area (Å²) >= 11 is 1.75. The van der Waals surface area contributed by atoms with Gasteiger partial charge in [0.15, 0.2) is 0 Å². The predicted octanol–water partition coefficient (Wildman–Crippen LogP) is 3.01. The lowest BCUT2D eigenvalue weighted by Gasteiger charge is -2.08. The van der Waals surface area contributed by atoms with Crippen LogP contribution in [0, 0.1) is 10.6 Å². The first kappa shape index (κ1) is 9.76. The van der Waals surface area contributed by atoms with Crippen LogP contribution in [-0.4, -0.2) is 4.98 Å². The molecule has 0 amide bonds. The number of pyridine rings is 1. The summed E-state index contributed by atoms with van der Waals surface area (Å²) in [4.78, 5) is 3.41. The van der Waals surface area contributed by atoms with Crippen LogP contribution >= 0.6 is 22.6 Å². The number of aromatic nitrogens is 1. The molecule has 5 heteroatoms. The SMILES string of the molecule is Cc1ccc(I)nc1C(F)(F)F. The Balaban J connectivity index is 3.23. The lowest BCUT2D eigenvalue weighted by molar-refractivity contribution is -0.141. The van der Waals surface area contributed by atoms with E-state index in [9.17, 15) is 13.2 Å². The maximum Gasteiger partial charge on any atom is 0.433 e. The Hall–Kier alpha value is -0.330. The van der Waals surface area contributed by atoms with Gasteiger partial charge in [0, 0.05) is 0 Å². The van der Waals surface area contributed by atoms with Crippen molar-refractivity contribution >= 4 is 22.6 Å². The normalized spacial score (nSPS) is 11.8. The van der Waals surface area contributed by atoms with Crippen LogP contribution in [0.5, 0.6) is 0 Å². The number of alkyl halides is 3. The number of aryl methyl sites for hydroxylation is 1. The Kier molecular flexibility index (Phi) is 2.60. The van der Waals surface area contributed by atoms with E-state index in [1.807, 2.05) is 0 Å². The molecule has 1 aromatic heterocycles. The molecule has 1 rings (SSSR count). The zero-order valence-corrected chi connectivity index (χ0v) is 8.27. The second kappa shape index (κ2) is 3.20. The standard InChI is InChI=1S/C7H5F3IN/c1-4-2-3-5(11)12-6(4)7(8,9)10/h2-3H,1H3. The summed E-state index contributed by atoms with van der Waals surface area (Å²) in [6.45, 7) is 1.39. The van der Waals surface area contributed by atoms with Crippen LogP contribution in [0.4, 0.5) is 13.2 Å². The van der Waals surface area contributed by atoms with Gasteiger partial charge in [0.2, 0.25) is 0 Å². The second-order valence-electron chi connectivity index (χ2n) is 2.30. The summed E-state index contributed by atoms with van der Waals surface area (Å²) in [5.74, 6) is 0. The van der Waals surface area contributed by atoms with E-state index in [1.165, 1.54) is 13.0 Å². The molecule has 0 bridgehead atoms. The Morgan fingerprint density at radius 2 is 1.92 bits per heavy atom. The molecular weight excluding hydrogens is 282 g/mol. The molecule has 0 radical (unpaired) electrons. The average Bonchev–Trinajstić information content (AvgIpc) is 1.92. The van der Waals surface area contributed by atoms with Crippen molar-refractivity contribution in [3.63, 3.8) is 0 Å². The largest absolute Gasteiger partial charge is 0.433 e. The van der Waals surface area contributed by atoms with Gasteiger partial charge in [-0.05, 0) is 41.1 Å². The van der Waals surface area contributed by atoms with Gasteiger partial charge in [0.1, 0.15) is 9.39 Å². The topological polar surface area (TPSA) is 12.9 Å². The molecule has 1 heterocycles. The van der Waals surface area contributed by atoms with Crippen molar-refractivity contribution < 1.29 is 13.2 Å². The molecule has 0 aliphatic rings. The van der Waals surface area contributed by atoms with Crippen molar-refractivity contribution in [1.29, 1.82) is 0 Å². The fraction of sp³-hybridized carbons (Fsp3) is 0.286. The van der Waals surface area contributed by atoms with E-state index >= 15 is 0 Å². The van der Waals surface area contributed by atoms with Crippen molar-refractivity contribution in [3.8, 4) is 0 Å². The Morgan fingerprint density at radius 1 is 1.33 bits per heavy atom. The lowest BCUT2D eigenvalue weighted by Crippen LogP contribution is -2.10. The van der Waals surface area contributed by atoms with Gasteiger partial charge in [0.25, 0.3) is 0 Å². The summed E-state index contributed by atoms with van der Waals surface area (Å²) in [6, 6.07) is 2.96. The van der Waals surface area contributed by atoms with Crippen LogP contribution in [0.15, 0.2) is 12.1 Å². The minimum Gasteiger partial charge on any atom is -0.237 e. The molecule has 66 valence electrons. The third-order valence-electron chi connectivity index (χ3n) is 1.33. The fourth-order valence-electron chi connectivity index (χ4n) is 0.792. The number of halogens is 4. The third kappa shape index (κ3) is 2.09. The van der Waals surface area contributed by atoms with E-state index < -0.39 is 11.9 Å². The van der Waals surface area contributed by atoms with Gasteiger partial charge >= 0.3 is 6.18 Å². The summed E-state index contributed by atoms with van der Waals surface area (Å²) in [5.41, 5.74) is -0.641. The highest BCUT2D eigenvalue weighted by Gasteiger charge is 2.34. The van der Waals surface area contributed by atoms with E-state index in [1.54, 1.807) is 28.7 Å². The third-order valence-corrected chi connectivity index (χ3v) is 1.93. The van der Waals surface area contributed by atoms with Crippen LogP contribution in [0.25, 0.3) is 0 Å². The zero-order chi connectivity index (χ0) is 9.35. The first-order valence-corrected chi connectivity index (χ1v) is 4.19. The van der Waals surface area contributed by atoms with Crippen LogP contribution in [0.1, 0.15) is 11.3 Å². The molecular formula is C7H5F3IN. The van der Waals surface area contributed by atoms with Crippen LogP contribution in [-0.2, 0) is 6.18 Å². The van der Waals surface area contributed by atoms with Gasteiger partial charge < -0.3 is 0 Å². The summed E-state index contributed by atoms with van der Waals surface area (Å²) in [7, 11) is 0. The maximum atomic E-state index is 12.2. The predicted molar refractivity (Wildman–Crippen MR) is 46.7 cm³/mol. The van der Waals surface area contributed by atoms with E-state index in [4.69, 9.17) is 0 Å². The lowest BCUT2D eigenvalue weighted by atomic mass is 10.2. The van der Waals surface area contributed by atoms with Gasteiger partial charge in [-0.25, -0.2) is 4.98 Å². The number of hydrogen-bond acceptors (Lipinski definition) is 1. The highest BCUT2D eigenvalue weighted by Crippen LogP contribution is 2.30. The minimum atomic E-state index is -4.34. The monoisotopic (exact) mass is 287 g/mol. The zero-order valence-electron chi connectivity index (χ0n) is 6.11. The minimum absolute atomic E-state index is 0.155. The highest BCUT2D eigenvalue weighted by atomic mass is 127. The van der Waals surface area contributed by atoms with E-state index in [0.717, 1.165) is 0 Å². The van der Waals surface area contributed by atoms with E-state index in [0.29, 0.717) is 3.70 Å². The molecule has 0 atom stereocenters. The van der Waals surface area contributed by atoms with Crippen LogP contribution in [0.3, 0.4) is 0 Å².